The zero-order valence-electron chi connectivity index (χ0n) is 11.4. The maximum Gasteiger partial charge on any atom is 0.339 e. The summed E-state index contributed by atoms with van der Waals surface area (Å²) in [6.07, 6.45) is 0.0833. The van der Waals surface area contributed by atoms with Crippen molar-refractivity contribution in [2.45, 2.75) is 25.7 Å². The van der Waals surface area contributed by atoms with Gasteiger partial charge in [0.1, 0.15) is 17.1 Å². The first-order valence-corrected chi connectivity index (χ1v) is 6.15. The molecule has 1 aromatic heterocycles. The summed E-state index contributed by atoms with van der Waals surface area (Å²) in [7, 11) is 3.33. The molecular formula is C13H19NO5. The maximum atomic E-state index is 11.0. The van der Waals surface area contributed by atoms with Crippen LogP contribution in [-0.4, -0.2) is 55.5 Å². The largest absolute Gasteiger partial charge is 0.478 e. The molecule has 0 aliphatic carbocycles. The van der Waals surface area contributed by atoms with E-state index in [0.29, 0.717) is 18.1 Å². The van der Waals surface area contributed by atoms with E-state index in [1.165, 1.54) is 0 Å². The summed E-state index contributed by atoms with van der Waals surface area (Å²) in [5.41, 5.74) is 0.223. The van der Waals surface area contributed by atoms with Crippen molar-refractivity contribution in [1.29, 1.82) is 0 Å². The van der Waals surface area contributed by atoms with Crippen molar-refractivity contribution in [3.05, 3.63) is 23.2 Å². The zero-order chi connectivity index (χ0) is 14.0. The fourth-order valence-corrected chi connectivity index (χ4v) is 2.45. The number of carboxylic acids is 1. The molecule has 19 heavy (non-hydrogen) atoms. The predicted octanol–water partition coefficient (Wildman–Crippen LogP) is 1.13. The summed E-state index contributed by atoms with van der Waals surface area (Å²) in [6.45, 7) is 3.72. The smallest absolute Gasteiger partial charge is 0.339 e. The number of hydrogen-bond acceptors (Lipinski definition) is 5. The van der Waals surface area contributed by atoms with Gasteiger partial charge in [-0.2, -0.15) is 0 Å². The molecule has 0 amide bonds. The number of carbonyl (C=O) groups is 1. The van der Waals surface area contributed by atoms with Crippen molar-refractivity contribution in [2.75, 3.05) is 27.3 Å². The standard InChI is InChI=1S/C13H19NO5/c1-8-10(13(15)16)4-9(19-8)5-14-6-11(17-2)12(7-14)18-3/h4,11-12H,5-7H2,1-3H3,(H,15,16). The molecule has 1 aromatic rings. The number of hydrogen-bond donors (Lipinski definition) is 1. The Balaban J connectivity index is 2.02. The van der Waals surface area contributed by atoms with E-state index in [2.05, 4.69) is 4.90 Å². The topological polar surface area (TPSA) is 72.1 Å². The maximum absolute atomic E-state index is 11.0. The van der Waals surface area contributed by atoms with Crippen LogP contribution >= 0.6 is 0 Å². The van der Waals surface area contributed by atoms with Crippen LogP contribution in [0.2, 0.25) is 0 Å². The number of rotatable bonds is 5. The number of nitrogens with zero attached hydrogens (tertiary/aromatic N) is 1. The fraction of sp³-hybridized carbons (Fsp3) is 0.615. The number of aromatic carboxylic acids is 1. The second-order valence-corrected chi connectivity index (χ2v) is 4.73. The normalized spacial score (nSPS) is 23.9. The molecule has 2 rings (SSSR count). The van der Waals surface area contributed by atoms with Gasteiger partial charge >= 0.3 is 5.97 Å². The van der Waals surface area contributed by atoms with E-state index in [1.54, 1.807) is 27.2 Å². The molecule has 6 nitrogen and oxygen atoms in total. The van der Waals surface area contributed by atoms with Gasteiger partial charge in [0.15, 0.2) is 0 Å². The lowest BCUT2D eigenvalue weighted by Gasteiger charge is -2.13. The van der Waals surface area contributed by atoms with Crippen LogP contribution in [0.4, 0.5) is 0 Å². The van der Waals surface area contributed by atoms with Crippen LogP contribution in [-0.2, 0) is 16.0 Å². The molecule has 1 aliphatic heterocycles. The van der Waals surface area contributed by atoms with Crippen molar-refractivity contribution in [2.24, 2.45) is 0 Å². The third-order valence-corrected chi connectivity index (χ3v) is 3.48. The first-order valence-electron chi connectivity index (χ1n) is 6.15. The summed E-state index contributed by atoms with van der Waals surface area (Å²) >= 11 is 0. The van der Waals surface area contributed by atoms with Gasteiger partial charge in [-0.1, -0.05) is 0 Å². The fourth-order valence-electron chi connectivity index (χ4n) is 2.45. The lowest BCUT2D eigenvalue weighted by molar-refractivity contribution is -0.00461. The summed E-state index contributed by atoms with van der Waals surface area (Å²) in [4.78, 5) is 13.1. The molecule has 2 unspecified atom stereocenters. The molecule has 0 saturated carbocycles. The Kier molecular flexibility index (Phi) is 4.24. The van der Waals surface area contributed by atoms with Crippen LogP contribution in [0.15, 0.2) is 10.5 Å². The van der Waals surface area contributed by atoms with Crippen LogP contribution in [0.5, 0.6) is 0 Å². The lowest BCUT2D eigenvalue weighted by Crippen LogP contribution is -2.27. The van der Waals surface area contributed by atoms with Crippen molar-refractivity contribution in [1.82, 2.24) is 4.90 Å². The van der Waals surface area contributed by atoms with Crippen LogP contribution in [0.3, 0.4) is 0 Å². The third-order valence-electron chi connectivity index (χ3n) is 3.48. The molecule has 1 fully saturated rings. The lowest BCUT2D eigenvalue weighted by atomic mass is 10.2. The van der Waals surface area contributed by atoms with Crippen LogP contribution < -0.4 is 0 Å². The molecule has 1 aliphatic rings. The van der Waals surface area contributed by atoms with Crippen LogP contribution in [0, 0.1) is 6.92 Å². The van der Waals surface area contributed by atoms with Gasteiger partial charge in [-0.05, 0) is 13.0 Å². The Hall–Kier alpha value is -1.37. The minimum Gasteiger partial charge on any atom is -0.478 e. The molecule has 0 aromatic carbocycles. The van der Waals surface area contributed by atoms with Crippen molar-refractivity contribution >= 4 is 5.97 Å². The molecule has 2 atom stereocenters. The molecular weight excluding hydrogens is 250 g/mol. The Bertz CT molecular complexity index is 444. The van der Waals surface area contributed by atoms with Crippen molar-refractivity contribution < 1.29 is 23.8 Å². The van der Waals surface area contributed by atoms with Crippen LogP contribution in [0.1, 0.15) is 21.9 Å². The van der Waals surface area contributed by atoms with Crippen LogP contribution in [0.25, 0.3) is 0 Å². The highest BCUT2D eigenvalue weighted by Gasteiger charge is 2.33. The third kappa shape index (κ3) is 2.97. The number of ether oxygens (including phenoxy) is 2. The Morgan fingerprint density at radius 3 is 2.42 bits per heavy atom. The molecule has 0 radical (unpaired) electrons. The second kappa shape index (κ2) is 5.73. The highest BCUT2D eigenvalue weighted by Crippen LogP contribution is 2.21. The summed E-state index contributed by atoms with van der Waals surface area (Å²) in [6, 6.07) is 1.58. The van der Waals surface area contributed by atoms with Crippen molar-refractivity contribution in [3.63, 3.8) is 0 Å². The van der Waals surface area contributed by atoms with E-state index in [4.69, 9.17) is 19.0 Å². The van der Waals surface area contributed by atoms with E-state index >= 15 is 0 Å². The minimum atomic E-state index is -0.960. The molecule has 0 spiro atoms. The quantitative estimate of drug-likeness (QED) is 0.864. The second-order valence-electron chi connectivity index (χ2n) is 4.73. The average Bonchev–Trinajstić information content (AvgIpc) is 2.92. The molecule has 2 heterocycles. The SMILES string of the molecule is COC1CN(Cc2cc(C(=O)O)c(C)o2)CC1OC. The minimum absolute atomic E-state index is 0.0417. The zero-order valence-corrected chi connectivity index (χ0v) is 11.4. The number of furan rings is 1. The van der Waals surface area contributed by atoms with Gasteiger partial charge in [0, 0.05) is 27.3 Å². The van der Waals surface area contributed by atoms with E-state index in [-0.39, 0.29) is 17.8 Å². The highest BCUT2D eigenvalue weighted by atomic mass is 16.5. The van der Waals surface area contributed by atoms with Gasteiger partial charge in [-0.15, -0.1) is 0 Å². The Labute approximate surface area is 111 Å². The van der Waals surface area contributed by atoms with Gasteiger partial charge in [0.05, 0.1) is 18.8 Å². The highest BCUT2D eigenvalue weighted by molar-refractivity contribution is 5.88. The van der Waals surface area contributed by atoms with E-state index in [9.17, 15) is 4.79 Å². The van der Waals surface area contributed by atoms with Gasteiger partial charge in [0.25, 0.3) is 0 Å². The van der Waals surface area contributed by atoms with Gasteiger partial charge in [-0.3, -0.25) is 4.90 Å². The number of methoxy groups -OCH3 is 2. The van der Waals surface area contributed by atoms with Gasteiger partial charge < -0.3 is 19.0 Å². The Morgan fingerprint density at radius 2 is 2.00 bits per heavy atom. The molecule has 6 heteroatoms. The summed E-state index contributed by atoms with van der Waals surface area (Å²) < 4.78 is 16.2. The average molecular weight is 269 g/mol. The predicted molar refractivity (Wildman–Crippen MR) is 67.3 cm³/mol. The van der Waals surface area contributed by atoms with E-state index < -0.39 is 5.97 Å². The Morgan fingerprint density at radius 1 is 1.42 bits per heavy atom. The number of likely N-dealkylation sites (tertiary alicyclic amines) is 1. The van der Waals surface area contributed by atoms with Gasteiger partial charge in [-0.25, -0.2) is 4.79 Å². The van der Waals surface area contributed by atoms with E-state index in [0.717, 1.165) is 13.1 Å². The molecule has 0 bridgehead atoms. The summed E-state index contributed by atoms with van der Waals surface area (Å²) in [5.74, 6) is 0.133. The molecule has 1 saturated heterocycles. The molecule has 106 valence electrons. The van der Waals surface area contributed by atoms with Crippen molar-refractivity contribution in [3.8, 4) is 0 Å². The first kappa shape index (κ1) is 14.0. The van der Waals surface area contributed by atoms with E-state index in [1.807, 2.05) is 0 Å². The monoisotopic (exact) mass is 269 g/mol. The first-order chi connectivity index (χ1) is 9.05. The number of carboxylic acid groups (broad SMARTS) is 1. The summed E-state index contributed by atoms with van der Waals surface area (Å²) in [5, 5.41) is 8.99. The van der Waals surface area contributed by atoms with Gasteiger partial charge in [0.2, 0.25) is 0 Å². The number of aryl methyl sites for hydroxylation is 1. The molecule has 1 N–H and O–H groups in total.